The quantitative estimate of drug-likeness (QED) is 0.456. The number of carbonyl (C=O) groups excluding carboxylic acids is 1. The smallest absolute Gasteiger partial charge is 0.234 e. The number of aromatic nitrogens is 4. The minimum atomic E-state index is -0.137. The molecule has 0 radical (unpaired) electrons. The maximum atomic E-state index is 12.1. The van der Waals surface area contributed by atoms with Crippen molar-refractivity contribution in [2.75, 3.05) is 11.1 Å². The summed E-state index contributed by atoms with van der Waals surface area (Å²) in [5.74, 6) is 0.212. The number of thioether (sulfide) groups is 1. The van der Waals surface area contributed by atoms with Crippen LogP contribution in [0.4, 0.5) is 5.69 Å². The fourth-order valence-electron chi connectivity index (χ4n) is 1.92. The summed E-state index contributed by atoms with van der Waals surface area (Å²) < 4.78 is 2.57. The van der Waals surface area contributed by atoms with Crippen molar-refractivity contribution in [1.82, 2.24) is 20.2 Å². The molecular formula is C15H12IN5O2S. The molecule has 0 saturated heterocycles. The molecule has 122 valence electrons. The molecular weight excluding hydrogens is 441 g/mol. The predicted molar refractivity (Wildman–Crippen MR) is 99.3 cm³/mol. The molecule has 2 aromatic carbocycles. The van der Waals surface area contributed by atoms with Gasteiger partial charge in [0.25, 0.3) is 0 Å². The zero-order valence-corrected chi connectivity index (χ0v) is 15.2. The number of hydrogen-bond donors (Lipinski definition) is 2. The van der Waals surface area contributed by atoms with Gasteiger partial charge in [-0.05, 0) is 75.5 Å². The lowest BCUT2D eigenvalue weighted by molar-refractivity contribution is -0.113. The number of carbonyl (C=O) groups is 1. The van der Waals surface area contributed by atoms with Crippen LogP contribution in [-0.4, -0.2) is 37.0 Å². The Bertz CT molecular complexity index is 853. The number of phenols is 1. The van der Waals surface area contributed by atoms with Crippen molar-refractivity contribution in [2.45, 2.75) is 5.16 Å². The highest BCUT2D eigenvalue weighted by Crippen LogP contribution is 2.20. The van der Waals surface area contributed by atoms with E-state index in [2.05, 4.69) is 43.4 Å². The molecule has 7 nitrogen and oxygen atoms in total. The number of phenolic OH excluding ortho intramolecular Hbond substituents is 1. The maximum Gasteiger partial charge on any atom is 0.234 e. The molecule has 0 aliphatic rings. The number of amides is 1. The van der Waals surface area contributed by atoms with E-state index in [4.69, 9.17) is 0 Å². The number of halogens is 1. The van der Waals surface area contributed by atoms with Crippen molar-refractivity contribution < 1.29 is 9.90 Å². The highest BCUT2D eigenvalue weighted by Gasteiger charge is 2.12. The van der Waals surface area contributed by atoms with Crippen LogP contribution in [0, 0.1) is 3.57 Å². The molecule has 1 heterocycles. The van der Waals surface area contributed by atoms with Gasteiger partial charge in [0, 0.05) is 9.26 Å². The van der Waals surface area contributed by atoms with E-state index in [9.17, 15) is 9.90 Å². The van der Waals surface area contributed by atoms with E-state index in [-0.39, 0.29) is 17.4 Å². The Balaban J connectivity index is 1.64. The molecule has 3 rings (SSSR count). The van der Waals surface area contributed by atoms with Crippen molar-refractivity contribution in [3.63, 3.8) is 0 Å². The SMILES string of the molecule is O=C(CSc1nnnn1-c1ccc(O)cc1)Nc1cccc(I)c1. The number of tetrazole rings is 1. The van der Waals surface area contributed by atoms with Crippen molar-refractivity contribution in [3.8, 4) is 11.4 Å². The number of rotatable bonds is 5. The van der Waals surface area contributed by atoms with Gasteiger partial charge in [0.15, 0.2) is 0 Å². The summed E-state index contributed by atoms with van der Waals surface area (Å²) in [6.07, 6.45) is 0. The van der Waals surface area contributed by atoms with Gasteiger partial charge in [0.1, 0.15) is 5.75 Å². The largest absolute Gasteiger partial charge is 0.508 e. The lowest BCUT2D eigenvalue weighted by Crippen LogP contribution is -2.14. The van der Waals surface area contributed by atoms with Gasteiger partial charge in [-0.2, -0.15) is 4.68 Å². The number of aromatic hydroxyl groups is 1. The van der Waals surface area contributed by atoms with Crippen LogP contribution in [0.25, 0.3) is 5.69 Å². The Hall–Kier alpha value is -2.14. The zero-order valence-electron chi connectivity index (χ0n) is 12.3. The average Bonchev–Trinajstić information content (AvgIpc) is 3.02. The van der Waals surface area contributed by atoms with Crippen molar-refractivity contribution in [2.24, 2.45) is 0 Å². The molecule has 9 heteroatoms. The third-order valence-corrected chi connectivity index (χ3v) is 4.57. The fraction of sp³-hybridized carbons (Fsp3) is 0.0667. The van der Waals surface area contributed by atoms with Crippen LogP contribution in [0.15, 0.2) is 53.7 Å². The van der Waals surface area contributed by atoms with Crippen LogP contribution in [-0.2, 0) is 4.79 Å². The normalized spacial score (nSPS) is 10.5. The monoisotopic (exact) mass is 453 g/mol. The van der Waals surface area contributed by atoms with E-state index in [1.54, 1.807) is 24.3 Å². The van der Waals surface area contributed by atoms with E-state index in [1.807, 2.05) is 24.3 Å². The molecule has 0 fully saturated rings. The van der Waals surface area contributed by atoms with E-state index >= 15 is 0 Å². The summed E-state index contributed by atoms with van der Waals surface area (Å²) in [6, 6.07) is 14.1. The third-order valence-electron chi connectivity index (χ3n) is 2.98. The number of nitrogens with one attached hydrogen (secondary N) is 1. The van der Waals surface area contributed by atoms with Gasteiger partial charge in [0.2, 0.25) is 11.1 Å². The second-order valence-electron chi connectivity index (χ2n) is 4.74. The Morgan fingerprint density at radius 2 is 2.04 bits per heavy atom. The van der Waals surface area contributed by atoms with E-state index in [0.29, 0.717) is 10.8 Å². The number of anilines is 1. The molecule has 1 amide bonds. The topological polar surface area (TPSA) is 92.9 Å². The summed E-state index contributed by atoms with van der Waals surface area (Å²) >= 11 is 3.43. The highest BCUT2D eigenvalue weighted by molar-refractivity contribution is 14.1. The molecule has 0 atom stereocenters. The van der Waals surface area contributed by atoms with Crippen molar-refractivity contribution in [3.05, 3.63) is 52.1 Å². The van der Waals surface area contributed by atoms with Crippen LogP contribution in [0.2, 0.25) is 0 Å². The van der Waals surface area contributed by atoms with Crippen LogP contribution in [0.1, 0.15) is 0 Å². The van der Waals surface area contributed by atoms with Gasteiger partial charge in [-0.3, -0.25) is 4.79 Å². The predicted octanol–water partition coefficient (Wildman–Crippen LogP) is 2.70. The average molecular weight is 453 g/mol. The van der Waals surface area contributed by atoms with Crippen molar-refractivity contribution in [1.29, 1.82) is 0 Å². The standard InChI is InChI=1S/C15H12IN5O2S/c16-10-2-1-3-11(8-10)17-14(23)9-24-15-18-19-20-21(15)12-4-6-13(22)7-5-12/h1-8,22H,9H2,(H,17,23). The first-order valence-corrected chi connectivity index (χ1v) is 8.94. The number of nitrogens with zero attached hydrogens (tertiary/aromatic N) is 4. The Labute approximate surface area is 155 Å². The minimum Gasteiger partial charge on any atom is -0.508 e. The molecule has 2 N–H and O–H groups in total. The molecule has 0 saturated carbocycles. The molecule has 0 unspecified atom stereocenters. The first-order valence-electron chi connectivity index (χ1n) is 6.88. The maximum absolute atomic E-state index is 12.1. The zero-order chi connectivity index (χ0) is 16.9. The number of benzene rings is 2. The molecule has 3 aromatic rings. The summed E-state index contributed by atoms with van der Waals surface area (Å²) in [5, 5.41) is 24.2. The first-order chi connectivity index (χ1) is 11.6. The summed E-state index contributed by atoms with van der Waals surface area (Å²) in [6.45, 7) is 0. The lowest BCUT2D eigenvalue weighted by atomic mass is 10.3. The Morgan fingerprint density at radius 1 is 1.25 bits per heavy atom. The lowest BCUT2D eigenvalue weighted by Gasteiger charge is -2.06. The van der Waals surface area contributed by atoms with Crippen LogP contribution >= 0.6 is 34.4 Å². The molecule has 1 aromatic heterocycles. The fourth-order valence-corrected chi connectivity index (χ4v) is 3.15. The van der Waals surface area contributed by atoms with Gasteiger partial charge >= 0.3 is 0 Å². The highest BCUT2D eigenvalue weighted by atomic mass is 127. The van der Waals surface area contributed by atoms with Gasteiger partial charge in [-0.25, -0.2) is 0 Å². The van der Waals surface area contributed by atoms with Gasteiger partial charge in [-0.1, -0.05) is 17.8 Å². The summed E-state index contributed by atoms with van der Waals surface area (Å²) in [5.41, 5.74) is 1.46. The molecule has 0 aliphatic heterocycles. The number of hydrogen-bond acceptors (Lipinski definition) is 6. The second kappa shape index (κ2) is 7.62. The van der Waals surface area contributed by atoms with Gasteiger partial charge in [-0.15, -0.1) is 5.10 Å². The Morgan fingerprint density at radius 3 is 2.79 bits per heavy atom. The Kier molecular flexibility index (Phi) is 5.30. The van der Waals surface area contributed by atoms with Crippen LogP contribution < -0.4 is 5.32 Å². The summed E-state index contributed by atoms with van der Waals surface area (Å²) in [4.78, 5) is 12.1. The molecule has 0 bridgehead atoms. The van der Waals surface area contributed by atoms with Crippen LogP contribution in [0.5, 0.6) is 5.75 Å². The molecule has 24 heavy (non-hydrogen) atoms. The van der Waals surface area contributed by atoms with Crippen LogP contribution in [0.3, 0.4) is 0 Å². The molecule has 0 aliphatic carbocycles. The third kappa shape index (κ3) is 4.23. The van der Waals surface area contributed by atoms with E-state index in [1.165, 1.54) is 16.4 Å². The first kappa shape index (κ1) is 16.7. The molecule has 0 spiro atoms. The van der Waals surface area contributed by atoms with E-state index < -0.39 is 0 Å². The van der Waals surface area contributed by atoms with E-state index in [0.717, 1.165) is 9.26 Å². The van der Waals surface area contributed by atoms with Gasteiger partial charge < -0.3 is 10.4 Å². The van der Waals surface area contributed by atoms with Gasteiger partial charge in [0.05, 0.1) is 11.4 Å². The second-order valence-corrected chi connectivity index (χ2v) is 6.92. The summed E-state index contributed by atoms with van der Waals surface area (Å²) in [7, 11) is 0. The van der Waals surface area contributed by atoms with Crippen molar-refractivity contribution >= 4 is 45.9 Å². The minimum absolute atomic E-state index is 0.137.